The summed E-state index contributed by atoms with van der Waals surface area (Å²) in [6.07, 6.45) is 1.51. The smallest absolute Gasteiger partial charge is 0.342 e. The molecule has 1 aromatic heterocycles. The Morgan fingerprint density at radius 2 is 2.05 bits per heavy atom. The summed E-state index contributed by atoms with van der Waals surface area (Å²) >= 11 is 0. The summed E-state index contributed by atoms with van der Waals surface area (Å²) in [5.41, 5.74) is 1.93. The highest BCUT2D eigenvalue weighted by Gasteiger charge is 1.98. The molecule has 2 aromatic rings. The largest absolute Gasteiger partial charge is 0.497 e. The molecule has 98 valence electrons. The fourth-order valence-electron chi connectivity index (χ4n) is 1.28. The molecular formula is C11H11N5O3. The molecule has 0 saturated carbocycles. The van der Waals surface area contributed by atoms with E-state index >= 15 is 0 Å². The molecule has 0 unspecified atom stereocenters. The lowest BCUT2D eigenvalue weighted by atomic mass is 10.2. The fourth-order valence-corrected chi connectivity index (χ4v) is 1.28. The van der Waals surface area contributed by atoms with Crippen molar-refractivity contribution in [3.8, 4) is 5.75 Å². The Labute approximate surface area is 107 Å². The third-order valence-corrected chi connectivity index (χ3v) is 2.21. The third-order valence-electron chi connectivity index (χ3n) is 2.21. The molecule has 2 rings (SSSR count). The SMILES string of the molecule is COc1ccc(C=NNc2n[nH]c(=O)[nH]c2=O)cc1. The Kier molecular flexibility index (Phi) is 3.72. The van der Waals surface area contributed by atoms with Crippen molar-refractivity contribution in [2.24, 2.45) is 5.10 Å². The van der Waals surface area contributed by atoms with Crippen LogP contribution < -0.4 is 21.4 Å². The van der Waals surface area contributed by atoms with Gasteiger partial charge in [-0.05, 0) is 29.8 Å². The highest BCUT2D eigenvalue weighted by molar-refractivity contribution is 5.80. The number of hydrogen-bond acceptors (Lipinski definition) is 6. The normalized spacial score (nSPS) is 10.6. The average Bonchev–Trinajstić information content (AvgIpc) is 2.42. The minimum atomic E-state index is -0.672. The molecule has 0 atom stereocenters. The van der Waals surface area contributed by atoms with Crippen LogP contribution in [0.3, 0.4) is 0 Å². The first-order chi connectivity index (χ1) is 9.19. The van der Waals surface area contributed by atoms with Crippen LogP contribution in [0, 0.1) is 0 Å². The van der Waals surface area contributed by atoms with Gasteiger partial charge in [-0.1, -0.05) is 0 Å². The molecule has 0 saturated heterocycles. The lowest BCUT2D eigenvalue weighted by molar-refractivity contribution is 0.415. The number of hydrazone groups is 1. The van der Waals surface area contributed by atoms with Crippen LogP contribution in [0.1, 0.15) is 5.56 Å². The van der Waals surface area contributed by atoms with Crippen molar-refractivity contribution in [3.05, 3.63) is 50.7 Å². The van der Waals surface area contributed by atoms with Crippen LogP contribution in [0.15, 0.2) is 39.0 Å². The maximum Gasteiger partial charge on any atom is 0.342 e. The minimum Gasteiger partial charge on any atom is -0.497 e. The van der Waals surface area contributed by atoms with E-state index in [2.05, 4.69) is 20.7 Å². The summed E-state index contributed by atoms with van der Waals surface area (Å²) in [5, 5.41) is 9.44. The molecule has 0 aliphatic rings. The molecule has 0 bridgehead atoms. The van der Waals surface area contributed by atoms with Crippen LogP contribution in [-0.2, 0) is 0 Å². The van der Waals surface area contributed by atoms with Crippen LogP contribution >= 0.6 is 0 Å². The maximum atomic E-state index is 11.3. The summed E-state index contributed by atoms with van der Waals surface area (Å²) in [7, 11) is 1.58. The summed E-state index contributed by atoms with van der Waals surface area (Å²) in [4.78, 5) is 24.0. The third kappa shape index (κ3) is 3.28. The van der Waals surface area contributed by atoms with E-state index in [9.17, 15) is 9.59 Å². The van der Waals surface area contributed by atoms with Gasteiger partial charge in [-0.15, -0.1) is 5.10 Å². The van der Waals surface area contributed by atoms with Gasteiger partial charge >= 0.3 is 5.69 Å². The second-order valence-corrected chi connectivity index (χ2v) is 3.50. The number of H-pyrrole nitrogens is 2. The lowest BCUT2D eigenvalue weighted by Crippen LogP contribution is -2.25. The second-order valence-electron chi connectivity index (χ2n) is 3.50. The van der Waals surface area contributed by atoms with Gasteiger partial charge in [0.1, 0.15) is 5.75 Å². The highest BCUT2D eigenvalue weighted by Crippen LogP contribution is 2.09. The van der Waals surface area contributed by atoms with Crippen LogP contribution in [0.2, 0.25) is 0 Å². The average molecular weight is 261 g/mol. The number of nitrogens with one attached hydrogen (secondary N) is 3. The Balaban J connectivity index is 2.06. The number of anilines is 1. The van der Waals surface area contributed by atoms with Gasteiger partial charge in [0, 0.05) is 0 Å². The molecule has 3 N–H and O–H groups in total. The molecule has 0 amide bonds. The van der Waals surface area contributed by atoms with Gasteiger partial charge in [-0.25, -0.2) is 9.89 Å². The number of hydrogen-bond donors (Lipinski definition) is 3. The van der Waals surface area contributed by atoms with Crippen LogP contribution in [-0.4, -0.2) is 28.5 Å². The molecule has 0 aliphatic heterocycles. The van der Waals surface area contributed by atoms with Gasteiger partial charge in [-0.3, -0.25) is 15.2 Å². The lowest BCUT2D eigenvalue weighted by Gasteiger charge is -1.99. The van der Waals surface area contributed by atoms with Gasteiger partial charge in [0.05, 0.1) is 13.3 Å². The van der Waals surface area contributed by atoms with E-state index in [1.807, 2.05) is 4.98 Å². The molecule has 8 heteroatoms. The van der Waals surface area contributed by atoms with E-state index < -0.39 is 11.2 Å². The zero-order valence-corrected chi connectivity index (χ0v) is 10.0. The van der Waals surface area contributed by atoms with Gasteiger partial charge < -0.3 is 4.74 Å². The molecule has 0 fully saturated rings. The minimum absolute atomic E-state index is 0.0932. The van der Waals surface area contributed by atoms with E-state index in [-0.39, 0.29) is 5.82 Å². The van der Waals surface area contributed by atoms with Gasteiger partial charge in [0.15, 0.2) is 0 Å². The van der Waals surface area contributed by atoms with E-state index in [1.165, 1.54) is 6.21 Å². The first-order valence-electron chi connectivity index (χ1n) is 5.31. The van der Waals surface area contributed by atoms with Gasteiger partial charge in [0.25, 0.3) is 5.56 Å². The topological polar surface area (TPSA) is 112 Å². The first kappa shape index (κ1) is 12.6. The monoisotopic (exact) mass is 261 g/mol. The predicted molar refractivity (Wildman–Crippen MR) is 69.7 cm³/mol. The molecular weight excluding hydrogens is 250 g/mol. The Morgan fingerprint density at radius 1 is 1.32 bits per heavy atom. The van der Waals surface area contributed by atoms with Crippen LogP contribution in [0.25, 0.3) is 0 Å². The standard InChI is InChI=1S/C11H11N5O3/c1-19-8-4-2-7(3-5-8)6-12-14-9-10(17)13-11(18)16-15-9/h2-6H,1H3,(H,14,15)(H2,13,16,17,18). The van der Waals surface area contributed by atoms with Crippen molar-refractivity contribution in [3.63, 3.8) is 0 Å². The molecule has 1 heterocycles. The molecule has 19 heavy (non-hydrogen) atoms. The fraction of sp³-hybridized carbons (Fsp3) is 0.0909. The Hall–Kier alpha value is -2.90. The molecule has 0 radical (unpaired) electrons. The second kappa shape index (κ2) is 5.63. The number of methoxy groups -OCH3 is 1. The number of nitrogens with zero attached hydrogens (tertiary/aromatic N) is 2. The number of aromatic amines is 2. The van der Waals surface area contributed by atoms with Crippen molar-refractivity contribution >= 4 is 12.0 Å². The number of rotatable bonds is 4. The van der Waals surface area contributed by atoms with E-state index in [0.717, 1.165) is 11.3 Å². The van der Waals surface area contributed by atoms with Gasteiger partial charge in [-0.2, -0.15) is 5.10 Å². The van der Waals surface area contributed by atoms with E-state index in [1.54, 1.807) is 31.4 Å². The van der Waals surface area contributed by atoms with Crippen LogP contribution in [0.5, 0.6) is 5.75 Å². The summed E-state index contributed by atoms with van der Waals surface area (Å²) in [5.74, 6) is 0.646. The van der Waals surface area contributed by atoms with Crippen molar-refractivity contribution < 1.29 is 4.74 Å². The van der Waals surface area contributed by atoms with E-state index in [4.69, 9.17) is 4.74 Å². The van der Waals surface area contributed by atoms with E-state index in [0.29, 0.717) is 0 Å². The number of benzene rings is 1. The zero-order valence-electron chi connectivity index (χ0n) is 10.0. The summed E-state index contributed by atoms with van der Waals surface area (Å²) in [6.45, 7) is 0. The molecule has 0 spiro atoms. The van der Waals surface area contributed by atoms with Crippen molar-refractivity contribution in [1.29, 1.82) is 0 Å². The summed E-state index contributed by atoms with van der Waals surface area (Å²) < 4.78 is 5.02. The molecule has 8 nitrogen and oxygen atoms in total. The summed E-state index contributed by atoms with van der Waals surface area (Å²) in [6, 6.07) is 7.17. The molecule has 1 aromatic carbocycles. The van der Waals surface area contributed by atoms with Crippen molar-refractivity contribution in [1.82, 2.24) is 15.2 Å². The van der Waals surface area contributed by atoms with Gasteiger partial charge in [0.2, 0.25) is 5.82 Å². The zero-order chi connectivity index (χ0) is 13.7. The molecule has 0 aliphatic carbocycles. The predicted octanol–water partition coefficient (Wildman–Crippen LogP) is -0.0872. The van der Waals surface area contributed by atoms with Crippen LogP contribution in [0.4, 0.5) is 5.82 Å². The maximum absolute atomic E-state index is 11.3. The Bertz CT molecular complexity index is 686. The van der Waals surface area contributed by atoms with Crippen molar-refractivity contribution in [2.45, 2.75) is 0 Å². The number of aromatic nitrogens is 3. The Morgan fingerprint density at radius 3 is 2.68 bits per heavy atom. The first-order valence-corrected chi connectivity index (χ1v) is 5.31. The highest BCUT2D eigenvalue weighted by atomic mass is 16.5. The van der Waals surface area contributed by atoms with Crippen molar-refractivity contribution in [2.75, 3.05) is 12.5 Å². The number of ether oxygens (including phenoxy) is 1. The quantitative estimate of drug-likeness (QED) is 0.526.